The van der Waals surface area contributed by atoms with Gasteiger partial charge in [0.05, 0.1) is 40.3 Å². The summed E-state index contributed by atoms with van der Waals surface area (Å²) in [6, 6.07) is 41.1. The number of methoxy groups -OCH3 is 3. The molecule has 0 N–H and O–H groups in total. The molecule has 0 amide bonds. The van der Waals surface area contributed by atoms with Gasteiger partial charge in [-0.05, 0) is 62.9 Å². The fourth-order valence-corrected chi connectivity index (χ4v) is 8.04. The highest BCUT2D eigenvalue weighted by atomic mass is 16.6. The van der Waals surface area contributed by atoms with Gasteiger partial charge in [-0.2, -0.15) is 0 Å². The lowest BCUT2D eigenvalue weighted by Crippen LogP contribution is -2.37. The highest BCUT2D eigenvalue weighted by molar-refractivity contribution is 5.89. The first-order chi connectivity index (χ1) is 27.4. The van der Waals surface area contributed by atoms with E-state index >= 15 is 0 Å². The zero-order valence-corrected chi connectivity index (χ0v) is 31.4. The third kappa shape index (κ3) is 7.20. The number of esters is 2. The number of benzene rings is 6. The lowest BCUT2D eigenvalue weighted by atomic mass is 9.66. The van der Waals surface area contributed by atoms with Crippen LogP contribution in [-0.4, -0.2) is 39.9 Å². The normalized spacial score (nSPS) is 18.3. The van der Waals surface area contributed by atoms with Crippen molar-refractivity contribution in [2.24, 2.45) is 11.8 Å². The fraction of sp³-hybridized carbons (Fsp3) is 0.234. The predicted octanol–water partition coefficient (Wildman–Crippen LogP) is 8.79. The highest BCUT2D eigenvalue weighted by Crippen LogP contribution is 2.56. The molecule has 1 aliphatic carbocycles. The number of fused-ring (bicyclic) bond motifs is 3. The number of carbonyl (C=O) groups excluding carboxylic acids is 2. The van der Waals surface area contributed by atoms with Gasteiger partial charge in [0.25, 0.3) is 0 Å². The molecule has 1 heterocycles. The molecule has 0 saturated carbocycles. The van der Waals surface area contributed by atoms with Gasteiger partial charge in [-0.1, -0.05) is 103 Å². The summed E-state index contributed by atoms with van der Waals surface area (Å²) in [7, 11) is 4.66. The second-order valence-corrected chi connectivity index (χ2v) is 14.0. The minimum Gasteiger partial charge on any atom is -0.493 e. The molecule has 9 nitrogen and oxygen atoms in total. The summed E-state index contributed by atoms with van der Waals surface area (Å²) in [6.07, 6.45) is -0.782. The molecule has 4 atom stereocenters. The summed E-state index contributed by atoms with van der Waals surface area (Å²) in [6.45, 7) is 0.618. The molecule has 0 bridgehead atoms. The Morgan fingerprint density at radius 1 is 0.661 bits per heavy atom. The minimum absolute atomic E-state index is 0.0469. The Balaban J connectivity index is 1.27. The second-order valence-electron chi connectivity index (χ2n) is 14.0. The molecule has 2 aliphatic rings. The molecule has 0 unspecified atom stereocenters. The molecule has 6 aromatic carbocycles. The maximum Gasteiger partial charge on any atom is 0.310 e. The Morgan fingerprint density at radius 2 is 1.25 bits per heavy atom. The maximum absolute atomic E-state index is 14.1. The number of carbonyl (C=O) groups is 2. The van der Waals surface area contributed by atoms with Gasteiger partial charge >= 0.3 is 11.9 Å². The number of rotatable bonds is 13. The molecule has 0 aromatic heterocycles. The van der Waals surface area contributed by atoms with Crippen molar-refractivity contribution in [3.05, 3.63) is 161 Å². The fourth-order valence-electron chi connectivity index (χ4n) is 8.04. The van der Waals surface area contributed by atoms with E-state index in [0.717, 1.165) is 38.6 Å². The van der Waals surface area contributed by atoms with Crippen LogP contribution in [0.1, 0.15) is 45.4 Å². The molecule has 6 aromatic rings. The number of ether oxygens (including phenoxy) is 7. The lowest BCUT2D eigenvalue weighted by molar-refractivity contribution is -0.153. The van der Waals surface area contributed by atoms with Gasteiger partial charge in [0, 0.05) is 17.4 Å². The topological polar surface area (TPSA) is 98.8 Å². The zero-order valence-electron chi connectivity index (χ0n) is 31.4. The van der Waals surface area contributed by atoms with Crippen molar-refractivity contribution in [1.82, 2.24) is 0 Å². The Hall–Kier alpha value is -6.48. The third-order valence-corrected chi connectivity index (χ3v) is 10.7. The van der Waals surface area contributed by atoms with Crippen molar-refractivity contribution >= 4 is 22.7 Å². The quantitative estimate of drug-likeness (QED) is 0.107. The Kier molecular flexibility index (Phi) is 10.5. The first-order valence-electron chi connectivity index (χ1n) is 18.6. The summed E-state index contributed by atoms with van der Waals surface area (Å²) in [5.74, 6) is -0.309. The lowest BCUT2D eigenvalue weighted by Gasteiger charge is -2.39. The predicted molar refractivity (Wildman–Crippen MR) is 210 cm³/mol. The molecule has 0 spiro atoms. The van der Waals surface area contributed by atoms with Gasteiger partial charge in [-0.3, -0.25) is 9.59 Å². The summed E-state index contributed by atoms with van der Waals surface area (Å²) in [5.41, 5.74) is 4.97. The van der Waals surface area contributed by atoms with Crippen LogP contribution < -0.4 is 23.7 Å². The first kappa shape index (κ1) is 36.5. The van der Waals surface area contributed by atoms with Crippen LogP contribution in [0.3, 0.4) is 0 Å². The molecule has 8 rings (SSSR count). The van der Waals surface area contributed by atoms with Crippen LogP contribution in [0.4, 0.5) is 0 Å². The van der Waals surface area contributed by atoms with Crippen molar-refractivity contribution in [3.8, 4) is 28.7 Å². The highest BCUT2D eigenvalue weighted by Gasteiger charge is 2.54. The van der Waals surface area contributed by atoms with E-state index in [1.54, 1.807) is 21.3 Å². The van der Waals surface area contributed by atoms with Gasteiger partial charge < -0.3 is 33.2 Å². The van der Waals surface area contributed by atoms with Gasteiger partial charge in [0.2, 0.25) is 5.75 Å². The van der Waals surface area contributed by atoms with Crippen LogP contribution in [0.2, 0.25) is 0 Å². The standard InChI is InChI=1S/C47H42O9/c1-50-40-21-33(22-41(51-2)46(40)52-3)43-35-24-38(53-26-29-13-6-4-7-14-29)39(54-27-30-15-8-5-9-16-30)25-36(35)45(37-28-55-47(49)44(37)43)56-42(48)23-32-19-12-18-31-17-10-11-20-34(31)32/h4-22,24-25,37,43-45H,23,26-28H2,1-3H3/t37-,43+,44-,45-/m0/s1. The van der Waals surface area contributed by atoms with E-state index in [2.05, 4.69) is 0 Å². The van der Waals surface area contributed by atoms with E-state index in [-0.39, 0.29) is 32.2 Å². The van der Waals surface area contributed by atoms with Crippen LogP contribution in [0.5, 0.6) is 28.7 Å². The Bertz CT molecular complexity index is 2330. The van der Waals surface area contributed by atoms with Crippen LogP contribution in [0, 0.1) is 11.8 Å². The number of cyclic esters (lactones) is 1. The summed E-state index contributed by atoms with van der Waals surface area (Å²) in [4.78, 5) is 28.0. The van der Waals surface area contributed by atoms with E-state index in [4.69, 9.17) is 33.2 Å². The number of hydrogen-bond acceptors (Lipinski definition) is 9. The SMILES string of the molecule is COc1cc([C@@H]2c3cc(OCc4ccccc4)c(OCc4ccccc4)cc3[C@H](OC(=O)Cc3cccc4ccccc34)[C@H]3COC(=O)[C@H]23)cc(OC)c1OC. The maximum atomic E-state index is 14.1. The van der Waals surface area contributed by atoms with Crippen molar-refractivity contribution < 1.29 is 42.7 Å². The molecular weight excluding hydrogens is 709 g/mol. The third-order valence-electron chi connectivity index (χ3n) is 10.7. The van der Waals surface area contributed by atoms with Crippen LogP contribution in [0.25, 0.3) is 10.8 Å². The monoisotopic (exact) mass is 750 g/mol. The molecular formula is C47H42O9. The second kappa shape index (κ2) is 16.1. The Morgan fingerprint density at radius 3 is 1.88 bits per heavy atom. The van der Waals surface area contributed by atoms with Crippen LogP contribution in [-0.2, 0) is 38.7 Å². The molecule has 9 heteroatoms. The van der Waals surface area contributed by atoms with E-state index in [1.165, 1.54) is 0 Å². The summed E-state index contributed by atoms with van der Waals surface area (Å²) in [5, 5.41) is 2.01. The van der Waals surface area contributed by atoms with Crippen molar-refractivity contribution in [3.63, 3.8) is 0 Å². The van der Waals surface area contributed by atoms with Gasteiger partial charge in [0.1, 0.15) is 19.3 Å². The summed E-state index contributed by atoms with van der Waals surface area (Å²) < 4.78 is 42.6. The zero-order chi connectivity index (χ0) is 38.6. The van der Waals surface area contributed by atoms with Gasteiger partial charge in [-0.15, -0.1) is 0 Å². The Labute approximate surface area is 325 Å². The molecule has 284 valence electrons. The van der Waals surface area contributed by atoms with Gasteiger partial charge in [-0.25, -0.2) is 0 Å². The smallest absolute Gasteiger partial charge is 0.310 e. The minimum atomic E-state index is -0.829. The first-order valence-corrected chi connectivity index (χ1v) is 18.6. The van der Waals surface area contributed by atoms with Crippen molar-refractivity contribution in [1.29, 1.82) is 0 Å². The van der Waals surface area contributed by atoms with Crippen molar-refractivity contribution in [2.45, 2.75) is 31.7 Å². The van der Waals surface area contributed by atoms with Crippen LogP contribution >= 0.6 is 0 Å². The molecule has 1 saturated heterocycles. The van der Waals surface area contributed by atoms with Crippen molar-refractivity contribution in [2.75, 3.05) is 27.9 Å². The van der Waals surface area contributed by atoms with E-state index < -0.39 is 29.8 Å². The summed E-state index contributed by atoms with van der Waals surface area (Å²) >= 11 is 0. The number of hydrogen-bond donors (Lipinski definition) is 0. The van der Waals surface area contributed by atoms with E-state index in [1.807, 2.05) is 127 Å². The molecule has 1 aliphatic heterocycles. The molecule has 1 fully saturated rings. The molecule has 56 heavy (non-hydrogen) atoms. The molecule has 0 radical (unpaired) electrons. The average molecular weight is 751 g/mol. The van der Waals surface area contributed by atoms with Gasteiger partial charge in [0.15, 0.2) is 23.0 Å². The largest absolute Gasteiger partial charge is 0.493 e. The van der Waals surface area contributed by atoms with E-state index in [0.29, 0.717) is 34.3 Å². The van der Waals surface area contributed by atoms with E-state index in [9.17, 15) is 9.59 Å². The van der Waals surface area contributed by atoms with Crippen LogP contribution in [0.15, 0.2) is 127 Å². The average Bonchev–Trinajstić information content (AvgIpc) is 3.62.